The van der Waals surface area contributed by atoms with Crippen LogP contribution in [0.4, 0.5) is 0 Å². The Hall–Kier alpha value is -0.510. The van der Waals surface area contributed by atoms with Crippen molar-refractivity contribution in [1.82, 2.24) is 0 Å². The summed E-state index contributed by atoms with van der Waals surface area (Å²) in [7, 11) is 0. The lowest BCUT2D eigenvalue weighted by atomic mass is 9.88. The quantitative estimate of drug-likeness (QED) is 0.828. The van der Waals surface area contributed by atoms with Gasteiger partial charge in [-0.25, -0.2) is 0 Å². The fraction of sp³-hybridized carbons (Fsp3) is 0.857. The molecule has 1 aliphatic rings. The van der Waals surface area contributed by atoms with Crippen LogP contribution in [-0.2, 0) is 9.59 Å². The second kappa shape index (κ2) is 6.60. The van der Waals surface area contributed by atoms with Gasteiger partial charge >= 0.3 is 5.97 Å². The van der Waals surface area contributed by atoms with Crippen molar-refractivity contribution in [3.8, 4) is 0 Å². The number of thioether (sulfide) groups is 1. The largest absolute Gasteiger partial charge is 0.481 e. The van der Waals surface area contributed by atoms with Crippen molar-refractivity contribution in [3.63, 3.8) is 0 Å². The molecular weight excluding hydrogens is 248 g/mol. The Morgan fingerprint density at radius 2 is 1.83 bits per heavy atom. The SMILES string of the molecule is CC(C)(C)SC(=O)[C@@H](CCC(=O)O)C1CCCC1. The first kappa shape index (κ1) is 15.5. The van der Waals surface area contributed by atoms with E-state index in [1.54, 1.807) is 0 Å². The lowest BCUT2D eigenvalue weighted by Crippen LogP contribution is -2.24. The summed E-state index contributed by atoms with van der Waals surface area (Å²) in [4.78, 5) is 23.0. The maximum atomic E-state index is 12.3. The minimum atomic E-state index is -0.799. The van der Waals surface area contributed by atoms with Gasteiger partial charge in [-0.05, 0) is 25.2 Å². The summed E-state index contributed by atoms with van der Waals surface area (Å²) in [6, 6.07) is 0. The molecule has 104 valence electrons. The number of hydrogen-bond donors (Lipinski definition) is 1. The molecule has 1 saturated carbocycles. The lowest BCUT2D eigenvalue weighted by molar-refractivity contribution is -0.137. The molecule has 3 nitrogen and oxygen atoms in total. The Labute approximate surface area is 114 Å². The van der Waals surface area contributed by atoms with E-state index in [-0.39, 0.29) is 22.2 Å². The summed E-state index contributed by atoms with van der Waals surface area (Å²) in [5.41, 5.74) is 0. The van der Waals surface area contributed by atoms with Gasteiger partial charge in [-0.2, -0.15) is 0 Å². The second-order valence-corrected chi connectivity index (χ2v) is 7.95. The Morgan fingerprint density at radius 3 is 2.28 bits per heavy atom. The zero-order valence-electron chi connectivity index (χ0n) is 11.6. The maximum Gasteiger partial charge on any atom is 0.303 e. The van der Waals surface area contributed by atoms with Crippen molar-refractivity contribution < 1.29 is 14.7 Å². The van der Waals surface area contributed by atoms with Crippen LogP contribution in [0, 0.1) is 11.8 Å². The van der Waals surface area contributed by atoms with E-state index in [2.05, 4.69) is 0 Å². The molecule has 1 atom stereocenters. The second-order valence-electron chi connectivity index (χ2n) is 6.12. The summed E-state index contributed by atoms with van der Waals surface area (Å²) < 4.78 is -0.0861. The number of carbonyl (C=O) groups excluding carboxylic acids is 1. The van der Waals surface area contributed by atoms with Gasteiger partial charge in [0.15, 0.2) is 5.12 Å². The topological polar surface area (TPSA) is 54.4 Å². The van der Waals surface area contributed by atoms with Gasteiger partial charge in [-0.3, -0.25) is 9.59 Å². The zero-order valence-corrected chi connectivity index (χ0v) is 12.4. The molecule has 4 heteroatoms. The van der Waals surface area contributed by atoms with Crippen LogP contribution in [0.25, 0.3) is 0 Å². The molecule has 0 aromatic heterocycles. The number of carbonyl (C=O) groups is 2. The summed E-state index contributed by atoms with van der Waals surface area (Å²) in [5.74, 6) is -0.453. The number of rotatable bonds is 5. The van der Waals surface area contributed by atoms with E-state index in [0.29, 0.717) is 12.3 Å². The van der Waals surface area contributed by atoms with Gasteiger partial charge in [0.05, 0.1) is 0 Å². The summed E-state index contributed by atoms with van der Waals surface area (Å²) in [6.07, 6.45) is 5.14. The summed E-state index contributed by atoms with van der Waals surface area (Å²) in [5, 5.41) is 8.99. The molecule has 0 radical (unpaired) electrons. The van der Waals surface area contributed by atoms with Gasteiger partial charge in [-0.1, -0.05) is 45.4 Å². The Morgan fingerprint density at radius 1 is 1.28 bits per heavy atom. The van der Waals surface area contributed by atoms with Gasteiger partial charge < -0.3 is 5.11 Å². The van der Waals surface area contributed by atoms with Crippen molar-refractivity contribution in [3.05, 3.63) is 0 Å². The first-order valence-corrected chi connectivity index (χ1v) is 7.56. The average molecular weight is 272 g/mol. The normalized spacial score (nSPS) is 18.8. The summed E-state index contributed by atoms with van der Waals surface area (Å²) >= 11 is 1.37. The van der Waals surface area contributed by atoms with Crippen molar-refractivity contribution in [1.29, 1.82) is 0 Å². The van der Waals surface area contributed by atoms with E-state index in [0.717, 1.165) is 12.8 Å². The number of carboxylic acid groups (broad SMARTS) is 1. The fourth-order valence-corrected chi connectivity index (χ4v) is 3.63. The van der Waals surface area contributed by atoms with Crippen LogP contribution < -0.4 is 0 Å². The van der Waals surface area contributed by atoms with E-state index in [1.165, 1.54) is 24.6 Å². The average Bonchev–Trinajstić information content (AvgIpc) is 2.67. The highest BCUT2D eigenvalue weighted by Gasteiger charge is 2.33. The molecular formula is C14H24O3S. The van der Waals surface area contributed by atoms with Gasteiger partial charge in [0.1, 0.15) is 0 Å². The third-order valence-corrected chi connectivity index (χ3v) is 4.46. The molecule has 0 spiro atoms. The van der Waals surface area contributed by atoms with Gasteiger partial charge in [0.25, 0.3) is 0 Å². The predicted octanol–water partition coefficient (Wildman–Crippen LogP) is 3.72. The van der Waals surface area contributed by atoms with Crippen molar-refractivity contribution in [2.24, 2.45) is 11.8 Å². The Kier molecular flexibility index (Phi) is 5.70. The smallest absolute Gasteiger partial charge is 0.303 e. The highest BCUT2D eigenvalue weighted by Crippen LogP contribution is 2.38. The van der Waals surface area contributed by atoms with Crippen LogP contribution in [0.1, 0.15) is 59.3 Å². The molecule has 0 amide bonds. The van der Waals surface area contributed by atoms with Crippen LogP contribution in [0.3, 0.4) is 0 Å². The van der Waals surface area contributed by atoms with Crippen LogP contribution in [0.2, 0.25) is 0 Å². The van der Waals surface area contributed by atoms with E-state index in [1.807, 2.05) is 20.8 Å². The Balaban J connectivity index is 2.63. The van der Waals surface area contributed by atoms with Crippen molar-refractivity contribution in [2.45, 2.75) is 64.0 Å². The molecule has 1 N–H and O–H groups in total. The van der Waals surface area contributed by atoms with E-state index in [4.69, 9.17) is 5.11 Å². The van der Waals surface area contributed by atoms with E-state index < -0.39 is 5.97 Å². The third kappa shape index (κ3) is 5.42. The molecule has 0 bridgehead atoms. The highest BCUT2D eigenvalue weighted by molar-refractivity contribution is 8.14. The molecule has 0 aliphatic heterocycles. The van der Waals surface area contributed by atoms with Crippen LogP contribution in [-0.4, -0.2) is 20.9 Å². The molecule has 18 heavy (non-hydrogen) atoms. The van der Waals surface area contributed by atoms with Crippen molar-refractivity contribution in [2.75, 3.05) is 0 Å². The van der Waals surface area contributed by atoms with Crippen LogP contribution >= 0.6 is 11.8 Å². The molecule has 0 heterocycles. The number of hydrogen-bond acceptors (Lipinski definition) is 3. The molecule has 1 aliphatic carbocycles. The minimum Gasteiger partial charge on any atom is -0.481 e. The van der Waals surface area contributed by atoms with Crippen molar-refractivity contribution >= 4 is 22.8 Å². The molecule has 0 aromatic rings. The molecule has 1 rings (SSSR count). The Bertz CT molecular complexity index is 301. The minimum absolute atomic E-state index is 0.0622. The van der Waals surface area contributed by atoms with Gasteiger partial charge in [0, 0.05) is 17.1 Å². The van der Waals surface area contributed by atoms with Crippen LogP contribution in [0.15, 0.2) is 0 Å². The standard InChI is InChI=1S/C14H24O3S/c1-14(2,3)18-13(17)11(8-9-12(15)16)10-6-4-5-7-10/h10-11H,4-9H2,1-3H3,(H,15,16)/t11-/m0/s1. The molecule has 1 fully saturated rings. The van der Waals surface area contributed by atoms with Gasteiger partial charge in [-0.15, -0.1) is 0 Å². The zero-order chi connectivity index (χ0) is 13.8. The number of aliphatic carboxylic acids is 1. The highest BCUT2D eigenvalue weighted by atomic mass is 32.2. The van der Waals surface area contributed by atoms with Gasteiger partial charge in [0.2, 0.25) is 0 Å². The monoisotopic (exact) mass is 272 g/mol. The first-order chi connectivity index (χ1) is 8.29. The van der Waals surface area contributed by atoms with E-state index >= 15 is 0 Å². The predicted molar refractivity (Wildman–Crippen MR) is 74.7 cm³/mol. The van der Waals surface area contributed by atoms with Crippen LogP contribution in [0.5, 0.6) is 0 Å². The summed E-state index contributed by atoms with van der Waals surface area (Å²) in [6.45, 7) is 6.08. The maximum absolute atomic E-state index is 12.3. The molecule has 0 aromatic carbocycles. The third-order valence-electron chi connectivity index (χ3n) is 3.35. The fourth-order valence-electron chi connectivity index (χ4n) is 2.56. The van der Waals surface area contributed by atoms with E-state index in [9.17, 15) is 9.59 Å². The molecule has 0 saturated heterocycles. The number of carboxylic acids is 1. The lowest BCUT2D eigenvalue weighted by Gasteiger charge is -2.25. The first-order valence-electron chi connectivity index (χ1n) is 6.74. The molecule has 0 unspecified atom stereocenters.